The second-order valence-electron chi connectivity index (χ2n) is 5.77. The average Bonchev–Trinajstić information content (AvgIpc) is 2.98. The van der Waals surface area contributed by atoms with Crippen LogP contribution in [-0.2, 0) is 13.1 Å². The predicted octanol–water partition coefficient (Wildman–Crippen LogP) is 4.44. The number of hydrogen-bond donors (Lipinski definition) is 0. The van der Waals surface area contributed by atoms with Crippen LogP contribution in [0.2, 0.25) is 0 Å². The van der Waals surface area contributed by atoms with Crippen LogP contribution in [0.1, 0.15) is 18.9 Å². The Bertz CT molecular complexity index is 952. The van der Waals surface area contributed by atoms with Crippen LogP contribution in [0.5, 0.6) is 5.75 Å². The fraction of sp³-hybridized carbons (Fsp3) is 0.250. The van der Waals surface area contributed by atoms with E-state index < -0.39 is 0 Å². The summed E-state index contributed by atoms with van der Waals surface area (Å²) in [6.45, 7) is 3.71. The van der Waals surface area contributed by atoms with Gasteiger partial charge in [-0.1, -0.05) is 30.3 Å². The normalized spacial score (nSPS) is 10.5. The standard InChI is InChI=1S/C20H20N4OS/c1-2-25-18-11-9-17(10-12-18)19-22-24(14-6-13-21)20(26)23(19)15-16-7-4-3-5-8-16/h3-5,7-12H,2,6,14-15H2,1H3. The summed E-state index contributed by atoms with van der Waals surface area (Å²) in [5.41, 5.74) is 2.11. The summed E-state index contributed by atoms with van der Waals surface area (Å²) in [7, 11) is 0. The van der Waals surface area contributed by atoms with Gasteiger partial charge in [0.25, 0.3) is 0 Å². The van der Waals surface area contributed by atoms with Crippen molar-refractivity contribution in [3.63, 3.8) is 0 Å². The topological polar surface area (TPSA) is 55.8 Å². The molecule has 0 aliphatic rings. The van der Waals surface area contributed by atoms with Gasteiger partial charge in [0.05, 0.1) is 32.2 Å². The van der Waals surface area contributed by atoms with E-state index in [0.717, 1.165) is 22.7 Å². The number of nitriles is 1. The van der Waals surface area contributed by atoms with Gasteiger partial charge in [0.15, 0.2) is 10.6 Å². The number of rotatable bonds is 7. The van der Waals surface area contributed by atoms with Crippen LogP contribution in [0.15, 0.2) is 54.6 Å². The van der Waals surface area contributed by atoms with Gasteiger partial charge < -0.3 is 4.74 Å². The van der Waals surface area contributed by atoms with Gasteiger partial charge in [-0.25, -0.2) is 4.68 Å². The monoisotopic (exact) mass is 364 g/mol. The maximum absolute atomic E-state index is 8.88. The fourth-order valence-corrected chi connectivity index (χ4v) is 3.01. The molecule has 3 aromatic rings. The largest absolute Gasteiger partial charge is 0.494 e. The Labute approximate surface area is 158 Å². The van der Waals surface area contributed by atoms with Crippen molar-refractivity contribution in [2.45, 2.75) is 26.4 Å². The number of aromatic nitrogens is 3. The molecule has 0 spiro atoms. The molecule has 5 nitrogen and oxygen atoms in total. The van der Waals surface area contributed by atoms with E-state index >= 15 is 0 Å². The van der Waals surface area contributed by atoms with Crippen LogP contribution in [0.25, 0.3) is 11.4 Å². The molecule has 0 fully saturated rings. The molecule has 132 valence electrons. The van der Waals surface area contributed by atoms with E-state index in [1.54, 1.807) is 4.68 Å². The molecule has 0 saturated heterocycles. The second-order valence-corrected chi connectivity index (χ2v) is 6.13. The zero-order chi connectivity index (χ0) is 18.4. The summed E-state index contributed by atoms with van der Waals surface area (Å²) < 4.78 is 9.88. The predicted molar refractivity (Wildman–Crippen MR) is 103 cm³/mol. The molecule has 0 amide bonds. The summed E-state index contributed by atoms with van der Waals surface area (Å²) in [5.74, 6) is 1.62. The van der Waals surface area contributed by atoms with Crippen molar-refractivity contribution in [3.05, 3.63) is 64.9 Å². The van der Waals surface area contributed by atoms with Crippen LogP contribution < -0.4 is 4.74 Å². The average molecular weight is 364 g/mol. The number of aryl methyl sites for hydroxylation is 1. The summed E-state index contributed by atoms with van der Waals surface area (Å²) >= 11 is 5.62. The Morgan fingerprint density at radius 2 is 1.85 bits per heavy atom. The minimum absolute atomic E-state index is 0.374. The third kappa shape index (κ3) is 4.01. The van der Waals surface area contributed by atoms with Crippen LogP contribution in [0, 0.1) is 16.1 Å². The molecule has 0 unspecified atom stereocenters. The van der Waals surface area contributed by atoms with Gasteiger partial charge in [-0.2, -0.15) is 10.4 Å². The molecule has 0 aliphatic carbocycles. The lowest BCUT2D eigenvalue weighted by molar-refractivity contribution is 0.340. The summed E-state index contributed by atoms with van der Waals surface area (Å²) in [6.07, 6.45) is 0.374. The second kappa shape index (κ2) is 8.45. The van der Waals surface area contributed by atoms with Crippen molar-refractivity contribution in [1.29, 1.82) is 5.26 Å². The molecular weight excluding hydrogens is 344 g/mol. The van der Waals surface area contributed by atoms with Crippen molar-refractivity contribution in [3.8, 4) is 23.2 Å². The van der Waals surface area contributed by atoms with E-state index in [1.807, 2.05) is 54.0 Å². The SMILES string of the molecule is CCOc1ccc(-c2nn(CCC#N)c(=S)n2Cc2ccccc2)cc1. The van der Waals surface area contributed by atoms with Gasteiger partial charge in [0.1, 0.15) is 5.75 Å². The van der Waals surface area contributed by atoms with E-state index in [4.69, 9.17) is 22.2 Å². The Kier molecular flexibility index (Phi) is 5.82. The van der Waals surface area contributed by atoms with Gasteiger partial charge in [0.2, 0.25) is 0 Å². The van der Waals surface area contributed by atoms with Crippen LogP contribution in [0.3, 0.4) is 0 Å². The zero-order valence-electron chi connectivity index (χ0n) is 14.6. The van der Waals surface area contributed by atoms with E-state index in [2.05, 4.69) is 23.3 Å². The Hall–Kier alpha value is -2.91. The molecule has 0 aliphatic heterocycles. The molecule has 26 heavy (non-hydrogen) atoms. The highest BCUT2D eigenvalue weighted by molar-refractivity contribution is 7.71. The van der Waals surface area contributed by atoms with Crippen LogP contribution in [0.4, 0.5) is 0 Å². The van der Waals surface area contributed by atoms with Crippen molar-refractivity contribution in [1.82, 2.24) is 14.3 Å². The molecule has 0 bridgehead atoms. The maximum Gasteiger partial charge on any atom is 0.198 e. The van der Waals surface area contributed by atoms with Crippen molar-refractivity contribution in [2.75, 3.05) is 6.61 Å². The van der Waals surface area contributed by atoms with E-state index in [9.17, 15) is 0 Å². The number of ether oxygens (including phenoxy) is 1. The van der Waals surface area contributed by atoms with Crippen LogP contribution in [-0.4, -0.2) is 21.0 Å². The first-order valence-electron chi connectivity index (χ1n) is 8.54. The van der Waals surface area contributed by atoms with Crippen molar-refractivity contribution < 1.29 is 4.74 Å². The van der Waals surface area contributed by atoms with Gasteiger partial charge in [-0.05, 0) is 49.0 Å². The van der Waals surface area contributed by atoms with Gasteiger partial charge in [0, 0.05) is 5.56 Å². The molecule has 1 heterocycles. The highest BCUT2D eigenvalue weighted by Crippen LogP contribution is 2.23. The van der Waals surface area contributed by atoms with E-state index in [1.165, 1.54) is 0 Å². The molecule has 1 aromatic heterocycles. The van der Waals surface area contributed by atoms with Gasteiger partial charge in [-0.3, -0.25) is 4.57 Å². The minimum atomic E-state index is 0.374. The van der Waals surface area contributed by atoms with Gasteiger partial charge in [-0.15, -0.1) is 0 Å². The summed E-state index contributed by atoms with van der Waals surface area (Å²) in [4.78, 5) is 0. The highest BCUT2D eigenvalue weighted by atomic mass is 32.1. The first-order valence-corrected chi connectivity index (χ1v) is 8.95. The number of nitrogens with zero attached hydrogens (tertiary/aromatic N) is 4. The van der Waals surface area contributed by atoms with Crippen molar-refractivity contribution >= 4 is 12.2 Å². The Morgan fingerprint density at radius 3 is 2.50 bits per heavy atom. The first kappa shape index (κ1) is 17.9. The zero-order valence-corrected chi connectivity index (χ0v) is 15.4. The van der Waals surface area contributed by atoms with Gasteiger partial charge >= 0.3 is 0 Å². The molecule has 0 atom stereocenters. The Morgan fingerprint density at radius 1 is 1.12 bits per heavy atom. The lowest BCUT2D eigenvalue weighted by Gasteiger charge is -2.08. The fourth-order valence-electron chi connectivity index (χ4n) is 2.73. The summed E-state index contributed by atoms with van der Waals surface area (Å²) in [5, 5.41) is 13.6. The van der Waals surface area contributed by atoms with E-state index in [0.29, 0.717) is 30.9 Å². The molecule has 2 aromatic carbocycles. The number of benzene rings is 2. The highest BCUT2D eigenvalue weighted by Gasteiger charge is 2.13. The minimum Gasteiger partial charge on any atom is -0.494 e. The van der Waals surface area contributed by atoms with Crippen LogP contribution >= 0.6 is 12.2 Å². The lowest BCUT2D eigenvalue weighted by Crippen LogP contribution is -2.04. The first-order chi connectivity index (χ1) is 12.7. The van der Waals surface area contributed by atoms with Crippen molar-refractivity contribution in [2.24, 2.45) is 0 Å². The Balaban J connectivity index is 2.01. The third-order valence-electron chi connectivity index (χ3n) is 3.97. The molecule has 0 N–H and O–H groups in total. The lowest BCUT2D eigenvalue weighted by atomic mass is 10.2. The summed E-state index contributed by atoms with van der Waals surface area (Å²) in [6, 6.07) is 20.1. The smallest absolute Gasteiger partial charge is 0.198 e. The number of hydrogen-bond acceptors (Lipinski definition) is 4. The molecule has 0 saturated carbocycles. The molecular formula is C20H20N4OS. The third-order valence-corrected chi connectivity index (χ3v) is 4.40. The molecule has 6 heteroatoms. The van der Waals surface area contributed by atoms with E-state index in [-0.39, 0.29) is 0 Å². The maximum atomic E-state index is 8.88. The molecule has 0 radical (unpaired) electrons. The quantitative estimate of drug-likeness (QED) is 0.582. The molecule has 3 rings (SSSR count).